The van der Waals surface area contributed by atoms with Crippen LogP contribution in [0.1, 0.15) is 181 Å². The molecule has 49 heavy (non-hydrogen) atoms. The number of esters is 2. The summed E-state index contributed by atoms with van der Waals surface area (Å²) in [5, 5.41) is 18.3. The van der Waals surface area contributed by atoms with Crippen LogP contribution in [-0.4, -0.2) is 65.7 Å². The van der Waals surface area contributed by atoms with Gasteiger partial charge in [0.05, 0.1) is 19.8 Å². The lowest BCUT2D eigenvalue weighted by atomic mass is 10.1. The zero-order valence-corrected chi connectivity index (χ0v) is 32.1. The molecular weight excluding hydrogens is 647 g/mol. The largest absolute Gasteiger partial charge is 0.472 e. The normalized spacial score (nSPS) is 14.1. The second kappa shape index (κ2) is 35.1. The average molecular weight is 721 g/mol. The Balaban J connectivity index is 4.34. The molecule has 0 heterocycles. The first kappa shape index (κ1) is 47.7. The molecule has 0 saturated carbocycles. The van der Waals surface area contributed by atoms with Crippen molar-refractivity contribution < 1.29 is 47.8 Å². The summed E-state index contributed by atoms with van der Waals surface area (Å²) in [6, 6.07) is 0. The molecule has 0 rings (SSSR count). The van der Waals surface area contributed by atoms with Crippen molar-refractivity contribution in [3.63, 3.8) is 0 Å². The van der Waals surface area contributed by atoms with Crippen molar-refractivity contribution >= 4 is 19.8 Å². The van der Waals surface area contributed by atoms with Crippen molar-refractivity contribution in [2.45, 2.75) is 193 Å². The van der Waals surface area contributed by atoms with Crippen LogP contribution < -0.4 is 0 Å². The number of aliphatic hydroxyl groups excluding tert-OH is 2. The highest BCUT2D eigenvalue weighted by atomic mass is 31.2. The first-order valence-electron chi connectivity index (χ1n) is 19.6. The number of carbonyl (C=O) groups is 2. The molecule has 290 valence electrons. The molecule has 1 unspecified atom stereocenters. The number of phosphoric acid groups is 1. The Bertz CT molecular complexity index is 837. The van der Waals surface area contributed by atoms with Gasteiger partial charge in [0, 0.05) is 12.8 Å². The summed E-state index contributed by atoms with van der Waals surface area (Å²) in [6.07, 6.45) is 30.3. The van der Waals surface area contributed by atoms with Crippen molar-refractivity contribution in [1.82, 2.24) is 0 Å². The van der Waals surface area contributed by atoms with Gasteiger partial charge in [-0.1, -0.05) is 142 Å². The number of ether oxygens (including phenoxy) is 2. The lowest BCUT2D eigenvalue weighted by Crippen LogP contribution is -2.29. The molecule has 0 fully saturated rings. The van der Waals surface area contributed by atoms with Crippen LogP contribution in [0.4, 0.5) is 0 Å². The summed E-state index contributed by atoms with van der Waals surface area (Å²) >= 11 is 0. The summed E-state index contributed by atoms with van der Waals surface area (Å²) < 4.78 is 32.6. The number of hydrogen-bond donors (Lipinski definition) is 3. The van der Waals surface area contributed by atoms with Gasteiger partial charge in [0.25, 0.3) is 0 Å². The number of hydrogen-bond acceptors (Lipinski definition) is 9. The van der Waals surface area contributed by atoms with E-state index in [4.69, 9.17) is 19.1 Å². The van der Waals surface area contributed by atoms with Gasteiger partial charge in [0.2, 0.25) is 0 Å². The highest BCUT2D eigenvalue weighted by Gasteiger charge is 2.27. The van der Waals surface area contributed by atoms with Gasteiger partial charge in [-0.05, 0) is 38.5 Å². The third-order valence-electron chi connectivity index (χ3n) is 8.42. The van der Waals surface area contributed by atoms with Crippen LogP contribution >= 0.6 is 7.82 Å². The van der Waals surface area contributed by atoms with Crippen molar-refractivity contribution in [1.29, 1.82) is 0 Å². The van der Waals surface area contributed by atoms with Crippen molar-refractivity contribution in [2.75, 3.05) is 26.4 Å². The molecule has 0 amide bonds. The van der Waals surface area contributed by atoms with Gasteiger partial charge in [-0.15, -0.1) is 0 Å². The Morgan fingerprint density at radius 3 is 1.49 bits per heavy atom. The molecule has 0 spiro atoms. The van der Waals surface area contributed by atoms with E-state index in [1.54, 1.807) is 0 Å². The second-order valence-electron chi connectivity index (χ2n) is 13.3. The molecule has 0 aliphatic rings. The van der Waals surface area contributed by atoms with Crippen LogP contribution in [-0.2, 0) is 32.7 Å². The van der Waals surface area contributed by atoms with E-state index in [2.05, 4.69) is 30.5 Å². The monoisotopic (exact) mass is 720 g/mol. The fourth-order valence-corrected chi connectivity index (χ4v) is 6.13. The molecule has 0 aliphatic heterocycles. The number of rotatable bonds is 37. The first-order valence-corrected chi connectivity index (χ1v) is 21.1. The van der Waals surface area contributed by atoms with Crippen LogP contribution in [0.2, 0.25) is 0 Å². The van der Waals surface area contributed by atoms with E-state index in [9.17, 15) is 24.2 Å². The van der Waals surface area contributed by atoms with E-state index in [-0.39, 0.29) is 19.4 Å². The van der Waals surface area contributed by atoms with E-state index in [0.29, 0.717) is 12.8 Å². The molecule has 0 aliphatic carbocycles. The van der Waals surface area contributed by atoms with Crippen LogP contribution in [0.5, 0.6) is 0 Å². The molecule has 3 atom stereocenters. The molecule has 0 aromatic carbocycles. The molecule has 3 N–H and O–H groups in total. The third-order valence-corrected chi connectivity index (χ3v) is 9.37. The van der Waals surface area contributed by atoms with Crippen molar-refractivity contribution in [2.24, 2.45) is 0 Å². The van der Waals surface area contributed by atoms with Crippen LogP contribution in [0, 0.1) is 0 Å². The maximum absolute atomic E-state index is 12.5. The number of carbonyl (C=O) groups excluding carboxylic acids is 2. The Morgan fingerprint density at radius 2 is 1.00 bits per heavy atom. The van der Waals surface area contributed by atoms with E-state index in [1.807, 2.05) is 0 Å². The molecule has 0 aromatic heterocycles. The summed E-state index contributed by atoms with van der Waals surface area (Å²) in [5.41, 5.74) is 0. The Labute approximate surface area is 298 Å². The Hall–Kier alpha value is -1.29. The molecular formula is C38H73O10P. The minimum absolute atomic E-state index is 0.183. The molecule has 0 radical (unpaired) electrons. The third kappa shape index (κ3) is 34.9. The summed E-state index contributed by atoms with van der Waals surface area (Å²) in [7, 11) is -4.61. The molecule has 0 bridgehead atoms. The Kier molecular flexibility index (Phi) is 34.2. The minimum Gasteiger partial charge on any atom is -0.462 e. The fraction of sp³-hybridized carbons (Fsp3) is 0.895. The molecule has 0 aromatic rings. The van der Waals surface area contributed by atoms with Gasteiger partial charge < -0.3 is 24.6 Å². The van der Waals surface area contributed by atoms with Crippen LogP contribution in [0.25, 0.3) is 0 Å². The molecule has 0 saturated heterocycles. The lowest BCUT2D eigenvalue weighted by molar-refractivity contribution is -0.161. The SMILES string of the molecule is CCCCCC/C=C\CCCCCCCCCC(=O)O[C@H](COC(=O)CCCCCCCCCCCCC)COP(=O)(O)OC[C@@H](O)CO. The van der Waals surface area contributed by atoms with E-state index < -0.39 is 51.8 Å². The summed E-state index contributed by atoms with van der Waals surface area (Å²) in [4.78, 5) is 34.8. The molecule has 11 heteroatoms. The van der Waals surface area contributed by atoms with E-state index in [1.165, 1.54) is 96.3 Å². The lowest BCUT2D eigenvalue weighted by Gasteiger charge is -2.20. The highest BCUT2D eigenvalue weighted by Crippen LogP contribution is 2.43. The number of aliphatic hydroxyl groups is 2. The van der Waals surface area contributed by atoms with Crippen molar-refractivity contribution in [3.05, 3.63) is 12.2 Å². The van der Waals surface area contributed by atoms with E-state index in [0.717, 1.165) is 44.9 Å². The van der Waals surface area contributed by atoms with Gasteiger partial charge >= 0.3 is 19.8 Å². The maximum atomic E-state index is 12.5. The highest BCUT2D eigenvalue weighted by molar-refractivity contribution is 7.47. The quantitative estimate of drug-likeness (QED) is 0.0245. The van der Waals surface area contributed by atoms with Gasteiger partial charge in [0.15, 0.2) is 6.10 Å². The summed E-state index contributed by atoms with van der Waals surface area (Å²) in [6.45, 7) is 2.35. The smallest absolute Gasteiger partial charge is 0.462 e. The topological polar surface area (TPSA) is 149 Å². The van der Waals surface area contributed by atoms with Gasteiger partial charge in [-0.2, -0.15) is 0 Å². The zero-order valence-electron chi connectivity index (χ0n) is 31.2. The van der Waals surface area contributed by atoms with Crippen LogP contribution in [0.15, 0.2) is 12.2 Å². The minimum atomic E-state index is -4.61. The summed E-state index contributed by atoms with van der Waals surface area (Å²) in [5.74, 6) is -0.925. The standard InChI is InChI=1S/C38H73O10P/c1-3-5-7-9-11-13-15-16-17-18-20-22-24-26-28-30-38(42)48-36(34-47-49(43,44)46-32-35(40)31-39)33-45-37(41)29-27-25-23-21-19-14-12-10-8-6-4-2/h13,15,35-36,39-40H,3-12,14,16-34H2,1-2H3,(H,43,44)/b15-13-/t35-,36+/m0/s1. The zero-order chi connectivity index (χ0) is 36.3. The predicted octanol–water partition coefficient (Wildman–Crippen LogP) is 9.67. The number of allylic oxidation sites excluding steroid dienone is 2. The average Bonchev–Trinajstić information content (AvgIpc) is 3.09. The fourth-order valence-electron chi connectivity index (χ4n) is 5.34. The maximum Gasteiger partial charge on any atom is 0.472 e. The predicted molar refractivity (Wildman–Crippen MR) is 196 cm³/mol. The second-order valence-corrected chi connectivity index (χ2v) is 14.8. The molecule has 10 nitrogen and oxygen atoms in total. The van der Waals surface area contributed by atoms with Crippen LogP contribution in [0.3, 0.4) is 0 Å². The number of unbranched alkanes of at least 4 members (excludes halogenated alkanes) is 21. The van der Waals surface area contributed by atoms with E-state index >= 15 is 0 Å². The first-order chi connectivity index (χ1) is 23.7. The van der Waals surface area contributed by atoms with Gasteiger partial charge in [-0.25, -0.2) is 4.57 Å². The van der Waals surface area contributed by atoms with Gasteiger partial charge in [-0.3, -0.25) is 18.6 Å². The number of phosphoric ester groups is 1. The van der Waals surface area contributed by atoms with Gasteiger partial charge in [0.1, 0.15) is 12.7 Å². The van der Waals surface area contributed by atoms with Crippen molar-refractivity contribution in [3.8, 4) is 0 Å². The Morgan fingerprint density at radius 1 is 0.592 bits per heavy atom.